The Morgan fingerprint density at radius 3 is 2.32 bits per heavy atom. The zero-order chi connectivity index (χ0) is 20.9. The first-order chi connectivity index (χ1) is 12.9. The molecular formula is C18H30O7S2Si. The number of fused-ring (bicyclic) bond motifs is 3. The van der Waals surface area contributed by atoms with E-state index in [1.54, 1.807) is 0 Å². The number of thiocarbonyl (C=S) groups is 1. The largest absolute Gasteiger partial charge is 0.509 e. The highest BCUT2D eigenvalue weighted by atomic mass is 32.2. The lowest BCUT2D eigenvalue weighted by Gasteiger charge is -2.56. The molecule has 0 radical (unpaired) electrons. The molecular weight excluding hydrogens is 420 g/mol. The topological polar surface area (TPSA) is 72.5 Å². The minimum Gasteiger partial charge on any atom is -0.479 e. The molecule has 3 aliphatic rings. The quantitative estimate of drug-likeness (QED) is 0.351. The molecule has 160 valence electrons. The second-order valence-corrected chi connectivity index (χ2v) is 15.7. The summed E-state index contributed by atoms with van der Waals surface area (Å²) in [5.41, 5.74) is -0.526. The molecule has 0 saturated carbocycles. The molecule has 3 fully saturated rings. The zero-order valence-electron chi connectivity index (χ0n) is 17.5. The van der Waals surface area contributed by atoms with Crippen LogP contribution in [0.2, 0.25) is 10.1 Å². The summed E-state index contributed by atoms with van der Waals surface area (Å²) in [6, 6.07) is 0. The van der Waals surface area contributed by atoms with Gasteiger partial charge in [0.15, 0.2) is 17.6 Å². The highest BCUT2D eigenvalue weighted by Gasteiger charge is 2.66. The average molecular weight is 451 g/mol. The van der Waals surface area contributed by atoms with Crippen LogP contribution in [0.1, 0.15) is 48.5 Å². The fourth-order valence-electron chi connectivity index (χ4n) is 4.34. The number of hydrogen-bond acceptors (Lipinski definition) is 9. The van der Waals surface area contributed by atoms with Crippen LogP contribution in [0.5, 0.6) is 0 Å². The van der Waals surface area contributed by atoms with Gasteiger partial charge in [-0.3, -0.25) is 0 Å². The van der Waals surface area contributed by atoms with Gasteiger partial charge in [-0.2, -0.15) is 0 Å². The first-order valence-corrected chi connectivity index (χ1v) is 12.7. The molecule has 0 aliphatic carbocycles. The van der Waals surface area contributed by atoms with Crippen LogP contribution in [0.4, 0.5) is 4.79 Å². The van der Waals surface area contributed by atoms with E-state index >= 15 is 0 Å². The third kappa shape index (κ3) is 3.83. The van der Waals surface area contributed by atoms with Crippen LogP contribution in [0, 0.1) is 0 Å². The SMILES string of the molecule is CCOC(=S)S[C@@H]1O[C@@H]2CO[Si](C(C)(C)C)(C(C)(C)C)O[C@H]2[C@@H]2OC(=O)O[C@H]21. The minimum atomic E-state index is -2.73. The summed E-state index contributed by atoms with van der Waals surface area (Å²) in [4.78, 5) is 11.9. The molecule has 3 heterocycles. The van der Waals surface area contributed by atoms with E-state index in [1.807, 2.05) is 6.92 Å². The molecule has 7 nitrogen and oxygen atoms in total. The fourth-order valence-corrected chi connectivity index (χ4v) is 10.6. The van der Waals surface area contributed by atoms with Crippen molar-refractivity contribution in [3.8, 4) is 0 Å². The van der Waals surface area contributed by atoms with Gasteiger partial charge in [-0.1, -0.05) is 41.5 Å². The number of thioether (sulfide) groups is 1. The molecule has 3 rings (SSSR count). The average Bonchev–Trinajstić information content (AvgIpc) is 2.95. The second-order valence-electron chi connectivity index (χ2n) is 9.27. The Morgan fingerprint density at radius 1 is 1.14 bits per heavy atom. The summed E-state index contributed by atoms with van der Waals surface area (Å²) in [5.74, 6) is 0. The van der Waals surface area contributed by atoms with Crippen LogP contribution in [0.15, 0.2) is 0 Å². The molecule has 0 aromatic carbocycles. The smallest absolute Gasteiger partial charge is 0.479 e. The molecule has 10 heteroatoms. The van der Waals surface area contributed by atoms with E-state index in [9.17, 15) is 4.79 Å². The van der Waals surface area contributed by atoms with E-state index in [-0.39, 0.29) is 16.2 Å². The van der Waals surface area contributed by atoms with Crippen molar-refractivity contribution < 1.29 is 32.6 Å². The first-order valence-electron chi connectivity index (χ1n) is 9.57. The number of ether oxygens (including phenoxy) is 4. The Morgan fingerprint density at radius 2 is 1.75 bits per heavy atom. The summed E-state index contributed by atoms with van der Waals surface area (Å²) in [6.07, 6.45) is -2.69. The van der Waals surface area contributed by atoms with Gasteiger partial charge in [0.05, 0.1) is 13.2 Å². The molecule has 3 saturated heterocycles. The van der Waals surface area contributed by atoms with Gasteiger partial charge in [0, 0.05) is 10.1 Å². The lowest BCUT2D eigenvalue weighted by Crippen LogP contribution is -2.70. The summed E-state index contributed by atoms with van der Waals surface area (Å²) in [5, 5.41) is -0.366. The maximum absolute atomic E-state index is 11.9. The van der Waals surface area contributed by atoms with E-state index in [0.29, 0.717) is 17.6 Å². The molecule has 5 atom stereocenters. The predicted octanol–water partition coefficient (Wildman–Crippen LogP) is 4.13. The summed E-state index contributed by atoms with van der Waals surface area (Å²) in [7, 11) is -2.73. The lowest BCUT2D eigenvalue weighted by molar-refractivity contribution is -0.194. The third-order valence-electron chi connectivity index (χ3n) is 5.26. The van der Waals surface area contributed by atoms with Crippen molar-refractivity contribution in [2.24, 2.45) is 0 Å². The molecule has 0 spiro atoms. The highest BCUT2D eigenvalue weighted by molar-refractivity contribution is 8.22. The molecule has 0 aromatic heterocycles. The summed E-state index contributed by atoms with van der Waals surface area (Å²) < 4.78 is 36.1. The van der Waals surface area contributed by atoms with Crippen LogP contribution in [-0.2, 0) is 27.8 Å². The Kier molecular flexibility index (Phi) is 6.13. The Bertz CT molecular complexity index is 616. The molecule has 0 unspecified atom stereocenters. The van der Waals surface area contributed by atoms with Crippen molar-refractivity contribution in [3.63, 3.8) is 0 Å². The van der Waals surface area contributed by atoms with Crippen LogP contribution in [0.25, 0.3) is 0 Å². The molecule has 3 aliphatic heterocycles. The molecule has 0 bridgehead atoms. The van der Waals surface area contributed by atoms with Crippen LogP contribution in [0.3, 0.4) is 0 Å². The number of carbonyl (C=O) groups excluding carboxylic acids is 1. The minimum absolute atomic E-state index is 0.183. The van der Waals surface area contributed by atoms with Crippen LogP contribution >= 0.6 is 24.0 Å². The molecule has 0 amide bonds. The van der Waals surface area contributed by atoms with Crippen molar-refractivity contribution >= 4 is 43.1 Å². The molecule has 28 heavy (non-hydrogen) atoms. The van der Waals surface area contributed by atoms with Crippen LogP contribution in [-0.4, -0.2) is 62.2 Å². The van der Waals surface area contributed by atoms with Gasteiger partial charge in [-0.05, 0) is 30.9 Å². The van der Waals surface area contributed by atoms with Gasteiger partial charge < -0.3 is 27.8 Å². The summed E-state index contributed by atoms with van der Waals surface area (Å²) in [6.45, 7) is 15.6. The Labute approximate surface area is 177 Å². The lowest BCUT2D eigenvalue weighted by atomic mass is 10.0. The van der Waals surface area contributed by atoms with Crippen molar-refractivity contribution in [3.05, 3.63) is 0 Å². The van der Waals surface area contributed by atoms with Crippen molar-refractivity contribution in [2.45, 2.75) is 88.4 Å². The maximum atomic E-state index is 11.9. The van der Waals surface area contributed by atoms with Gasteiger partial charge in [-0.15, -0.1) is 0 Å². The van der Waals surface area contributed by atoms with Crippen molar-refractivity contribution in [1.29, 1.82) is 0 Å². The normalized spacial score (nSPS) is 34.7. The fraction of sp³-hybridized carbons (Fsp3) is 0.889. The Balaban J connectivity index is 1.88. The number of rotatable bonds is 2. The van der Waals surface area contributed by atoms with Gasteiger partial charge in [0.25, 0.3) is 0 Å². The highest BCUT2D eigenvalue weighted by Crippen LogP contribution is 2.55. The standard InChI is InChI=1S/C18H30O7S2Si/c1-8-20-16(26)27-14-13-12(23-15(19)24-13)11-10(22-14)9-21-28(25-11,17(2,3)4)18(5,6)7/h10-14H,8-9H2,1-7H3/t10-,11-,12+,13-,14+/m1/s1. The molecule has 0 N–H and O–H groups in total. The second kappa shape index (κ2) is 7.70. The maximum Gasteiger partial charge on any atom is 0.509 e. The predicted molar refractivity (Wildman–Crippen MR) is 112 cm³/mol. The van der Waals surface area contributed by atoms with Crippen LogP contribution < -0.4 is 0 Å². The third-order valence-corrected chi connectivity index (χ3v) is 11.7. The van der Waals surface area contributed by atoms with E-state index in [1.165, 1.54) is 11.8 Å². The van der Waals surface area contributed by atoms with Gasteiger partial charge in [0.2, 0.25) is 4.38 Å². The van der Waals surface area contributed by atoms with Crippen molar-refractivity contribution in [1.82, 2.24) is 0 Å². The van der Waals surface area contributed by atoms with E-state index in [2.05, 4.69) is 41.5 Å². The zero-order valence-corrected chi connectivity index (χ0v) is 20.1. The van der Waals surface area contributed by atoms with E-state index in [0.717, 1.165) is 0 Å². The van der Waals surface area contributed by atoms with Gasteiger partial charge in [-0.25, -0.2) is 4.79 Å². The summed E-state index contributed by atoms with van der Waals surface area (Å²) >= 11 is 6.45. The Hall–Kier alpha value is -0.393. The first kappa shape index (κ1) is 22.3. The van der Waals surface area contributed by atoms with E-state index < -0.39 is 38.5 Å². The van der Waals surface area contributed by atoms with Gasteiger partial charge in [0.1, 0.15) is 12.2 Å². The number of carbonyl (C=O) groups is 1. The van der Waals surface area contributed by atoms with E-state index in [4.69, 9.17) is 40.0 Å². The van der Waals surface area contributed by atoms with Crippen molar-refractivity contribution in [2.75, 3.05) is 13.2 Å². The molecule has 0 aromatic rings. The van der Waals surface area contributed by atoms with Gasteiger partial charge >= 0.3 is 14.7 Å². The number of hydrogen-bond donors (Lipinski definition) is 0. The monoisotopic (exact) mass is 450 g/mol.